The molecule has 0 saturated carbocycles. The molecule has 14 heavy (non-hydrogen) atoms. The van der Waals surface area contributed by atoms with Crippen molar-refractivity contribution < 1.29 is 0 Å². The second-order valence-electron chi connectivity index (χ2n) is 3.73. The normalized spacial score (nSPS) is 13.0. The Morgan fingerprint density at radius 3 is 2.86 bits per heavy atom. The molecule has 1 aromatic heterocycles. The highest BCUT2D eigenvalue weighted by Crippen LogP contribution is 2.19. The molecule has 0 fully saturated rings. The summed E-state index contributed by atoms with van der Waals surface area (Å²) in [5, 5.41) is 2.16. The van der Waals surface area contributed by atoms with E-state index in [9.17, 15) is 0 Å². The Morgan fingerprint density at radius 1 is 1.36 bits per heavy atom. The zero-order chi connectivity index (χ0) is 10.2. The van der Waals surface area contributed by atoms with Gasteiger partial charge in [-0.2, -0.15) is 0 Å². The van der Waals surface area contributed by atoms with E-state index in [-0.39, 0.29) is 0 Å². The van der Waals surface area contributed by atoms with Gasteiger partial charge in [0.05, 0.1) is 0 Å². The van der Waals surface area contributed by atoms with Crippen molar-refractivity contribution in [3.05, 3.63) is 22.4 Å². The summed E-state index contributed by atoms with van der Waals surface area (Å²) in [6.07, 6.45) is 8.00. The van der Waals surface area contributed by atoms with E-state index in [1.807, 2.05) is 11.3 Å². The van der Waals surface area contributed by atoms with Crippen molar-refractivity contribution in [2.75, 3.05) is 0 Å². The largest absolute Gasteiger partial charge is 0.149 e. The van der Waals surface area contributed by atoms with Crippen LogP contribution in [-0.2, 0) is 6.42 Å². The molecule has 0 nitrogen and oxygen atoms in total. The van der Waals surface area contributed by atoms with Gasteiger partial charge in [0.1, 0.15) is 0 Å². The van der Waals surface area contributed by atoms with Gasteiger partial charge in [-0.1, -0.05) is 54.6 Å². The summed E-state index contributed by atoms with van der Waals surface area (Å²) in [5.41, 5.74) is 0. The van der Waals surface area contributed by atoms with Crippen molar-refractivity contribution in [1.29, 1.82) is 0 Å². The van der Waals surface area contributed by atoms with Crippen molar-refractivity contribution in [3.8, 4) is 0 Å². The highest BCUT2D eigenvalue weighted by molar-refractivity contribution is 9.09. The minimum absolute atomic E-state index is 0.679. The van der Waals surface area contributed by atoms with Gasteiger partial charge in [-0.3, -0.25) is 0 Å². The Bertz CT molecular complexity index is 218. The van der Waals surface area contributed by atoms with Crippen molar-refractivity contribution in [3.63, 3.8) is 0 Å². The van der Waals surface area contributed by atoms with Gasteiger partial charge in [0.2, 0.25) is 0 Å². The average molecular weight is 275 g/mol. The summed E-state index contributed by atoms with van der Waals surface area (Å²) < 4.78 is 0. The Morgan fingerprint density at radius 2 is 2.21 bits per heavy atom. The van der Waals surface area contributed by atoms with Crippen LogP contribution in [-0.4, -0.2) is 4.83 Å². The van der Waals surface area contributed by atoms with Crippen LogP contribution >= 0.6 is 27.3 Å². The number of unbranched alkanes of at least 4 members (excludes halogenated alkanes) is 3. The first kappa shape index (κ1) is 12.3. The van der Waals surface area contributed by atoms with Crippen LogP contribution in [0.2, 0.25) is 0 Å². The molecule has 1 atom stereocenters. The van der Waals surface area contributed by atoms with Crippen LogP contribution in [0.5, 0.6) is 0 Å². The minimum atomic E-state index is 0.679. The Labute approximate surface area is 99.9 Å². The topological polar surface area (TPSA) is 0 Å². The zero-order valence-corrected chi connectivity index (χ0v) is 11.2. The number of rotatable bonds is 7. The molecule has 0 bridgehead atoms. The SMILES string of the molecule is CCCCCCC(Br)Cc1cccs1. The highest BCUT2D eigenvalue weighted by Gasteiger charge is 2.05. The smallest absolute Gasteiger partial charge is 0.0194 e. The summed E-state index contributed by atoms with van der Waals surface area (Å²) in [6.45, 7) is 2.26. The van der Waals surface area contributed by atoms with Gasteiger partial charge in [0, 0.05) is 9.70 Å². The van der Waals surface area contributed by atoms with Gasteiger partial charge >= 0.3 is 0 Å². The van der Waals surface area contributed by atoms with Crippen molar-refractivity contribution in [2.24, 2.45) is 0 Å². The minimum Gasteiger partial charge on any atom is -0.149 e. The summed E-state index contributed by atoms with van der Waals surface area (Å²) in [7, 11) is 0. The quantitative estimate of drug-likeness (QED) is 0.484. The molecular formula is C12H19BrS. The predicted molar refractivity (Wildman–Crippen MR) is 69.5 cm³/mol. The van der Waals surface area contributed by atoms with E-state index in [4.69, 9.17) is 0 Å². The van der Waals surface area contributed by atoms with E-state index in [1.54, 1.807) is 0 Å². The molecule has 80 valence electrons. The summed E-state index contributed by atoms with van der Waals surface area (Å²) in [5.74, 6) is 0. The second kappa shape index (κ2) is 7.47. The first-order valence-electron chi connectivity index (χ1n) is 5.49. The van der Waals surface area contributed by atoms with E-state index in [0.29, 0.717) is 4.83 Å². The molecule has 1 heterocycles. The van der Waals surface area contributed by atoms with Gasteiger partial charge in [0.25, 0.3) is 0 Å². The third-order valence-corrected chi connectivity index (χ3v) is 4.05. The molecule has 0 amide bonds. The van der Waals surface area contributed by atoms with Crippen LogP contribution in [0.25, 0.3) is 0 Å². The van der Waals surface area contributed by atoms with Gasteiger partial charge < -0.3 is 0 Å². The van der Waals surface area contributed by atoms with Gasteiger partial charge in [-0.25, -0.2) is 0 Å². The van der Waals surface area contributed by atoms with E-state index in [1.165, 1.54) is 43.4 Å². The van der Waals surface area contributed by atoms with Crippen molar-refractivity contribution in [1.82, 2.24) is 0 Å². The third-order valence-electron chi connectivity index (χ3n) is 2.37. The van der Waals surface area contributed by atoms with Crippen molar-refractivity contribution >= 4 is 27.3 Å². The molecule has 0 aromatic carbocycles. The summed E-state index contributed by atoms with van der Waals surface area (Å²) in [4.78, 5) is 2.18. The number of thiophene rings is 1. The maximum Gasteiger partial charge on any atom is 0.0194 e. The number of hydrogen-bond donors (Lipinski definition) is 0. The molecule has 0 N–H and O–H groups in total. The zero-order valence-electron chi connectivity index (χ0n) is 8.84. The van der Waals surface area contributed by atoms with Gasteiger partial charge in [0.15, 0.2) is 0 Å². The van der Waals surface area contributed by atoms with E-state index in [2.05, 4.69) is 40.4 Å². The molecule has 0 aliphatic rings. The molecule has 1 rings (SSSR count). The van der Waals surface area contributed by atoms with Crippen LogP contribution in [0.15, 0.2) is 17.5 Å². The summed E-state index contributed by atoms with van der Waals surface area (Å²) in [6, 6.07) is 4.36. The number of hydrogen-bond acceptors (Lipinski definition) is 1. The number of alkyl halides is 1. The van der Waals surface area contributed by atoms with Crippen LogP contribution < -0.4 is 0 Å². The lowest BCUT2D eigenvalue weighted by Crippen LogP contribution is -2.00. The van der Waals surface area contributed by atoms with Crippen LogP contribution in [0.4, 0.5) is 0 Å². The van der Waals surface area contributed by atoms with Crippen molar-refractivity contribution in [2.45, 2.75) is 50.3 Å². The Balaban J connectivity index is 2.07. The standard InChI is InChI=1S/C12H19BrS/c1-2-3-4-5-7-11(13)10-12-8-6-9-14-12/h6,8-9,11H,2-5,7,10H2,1H3. The maximum absolute atomic E-state index is 3.76. The Hall–Kier alpha value is 0.180. The van der Waals surface area contributed by atoms with Crippen LogP contribution in [0, 0.1) is 0 Å². The molecule has 0 aliphatic heterocycles. The first-order valence-corrected chi connectivity index (χ1v) is 7.29. The second-order valence-corrected chi connectivity index (χ2v) is 6.06. The van der Waals surface area contributed by atoms with Gasteiger partial charge in [-0.05, 0) is 24.3 Å². The fourth-order valence-corrected chi connectivity index (χ4v) is 3.21. The maximum atomic E-state index is 3.76. The van der Waals surface area contributed by atoms with Crippen LogP contribution in [0.3, 0.4) is 0 Å². The monoisotopic (exact) mass is 274 g/mol. The van der Waals surface area contributed by atoms with Gasteiger partial charge in [-0.15, -0.1) is 11.3 Å². The molecule has 2 heteroatoms. The highest BCUT2D eigenvalue weighted by atomic mass is 79.9. The fraction of sp³-hybridized carbons (Fsp3) is 0.667. The molecular weight excluding hydrogens is 256 g/mol. The first-order chi connectivity index (χ1) is 6.83. The lowest BCUT2D eigenvalue weighted by Gasteiger charge is -2.07. The average Bonchev–Trinajstić information content (AvgIpc) is 2.65. The molecule has 0 spiro atoms. The molecule has 0 aliphatic carbocycles. The molecule has 0 radical (unpaired) electrons. The lowest BCUT2D eigenvalue weighted by molar-refractivity contribution is 0.621. The fourth-order valence-electron chi connectivity index (χ4n) is 1.54. The van der Waals surface area contributed by atoms with E-state index < -0.39 is 0 Å². The number of halogens is 1. The summed E-state index contributed by atoms with van der Waals surface area (Å²) >= 11 is 5.62. The molecule has 1 unspecified atom stereocenters. The van der Waals surface area contributed by atoms with E-state index in [0.717, 1.165) is 0 Å². The Kier molecular flexibility index (Phi) is 6.54. The predicted octanol–water partition coefficient (Wildman–Crippen LogP) is 5.02. The molecule has 1 aromatic rings. The van der Waals surface area contributed by atoms with Crippen LogP contribution in [0.1, 0.15) is 43.9 Å². The molecule has 0 saturated heterocycles. The third kappa shape index (κ3) is 5.16. The lowest BCUT2D eigenvalue weighted by atomic mass is 10.1. The van der Waals surface area contributed by atoms with E-state index >= 15 is 0 Å².